The van der Waals surface area contributed by atoms with Crippen LogP contribution in [0, 0.1) is 6.92 Å². The zero-order valence-electron chi connectivity index (χ0n) is 16.1. The number of thiophene rings is 1. The Bertz CT molecular complexity index is 1020. The van der Waals surface area contributed by atoms with Crippen LogP contribution >= 0.6 is 11.3 Å². The number of hydrogen-bond donors (Lipinski definition) is 1. The van der Waals surface area contributed by atoms with E-state index < -0.39 is 11.9 Å². The van der Waals surface area contributed by atoms with E-state index in [1.807, 2.05) is 32.0 Å². The number of pyridine rings is 1. The van der Waals surface area contributed by atoms with Crippen LogP contribution < -0.4 is 10.2 Å². The van der Waals surface area contributed by atoms with Crippen LogP contribution in [0.15, 0.2) is 46.9 Å². The lowest BCUT2D eigenvalue weighted by Gasteiger charge is -2.14. The lowest BCUT2D eigenvalue weighted by atomic mass is 10.2. The van der Waals surface area contributed by atoms with Gasteiger partial charge in [0, 0.05) is 32.6 Å². The van der Waals surface area contributed by atoms with Crippen molar-refractivity contribution < 1.29 is 13.9 Å². The first-order valence-electron chi connectivity index (χ1n) is 8.58. The highest BCUT2D eigenvalue weighted by molar-refractivity contribution is 7.21. The van der Waals surface area contributed by atoms with Gasteiger partial charge in [-0.3, -0.25) is 4.79 Å². The van der Waals surface area contributed by atoms with Gasteiger partial charge in [-0.05, 0) is 37.3 Å². The van der Waals surface area contributed by atoms with Crippen molar-refractivity contribution in [1.29, 1.82) is 0 Å². The van der Waals surface area contributed by atoms with Crippen molar-refractivity contribution >= 4 is 45.6 Å². The molecule has 0 spiro atoms. The number of carbonyl (C=O) groups is 1. The minimum atomic E-state index is -0.424. The number of rotatable bonds is 6. The zero-order chi connectivity index (χ0) is 20.3. The lowest BCUT2D eigenvalue weighted by Crippen LogP contribution is -2.10. The first kappa shape index (κ1) is 19.9. The summed E-state index contributed by atoms with van der Waals surface area (Å²) in [4.78, 5) is 23.8. The molecule has 1 unspecified atom stereocenters. The van der Waals surface area contributed by atoms with Crippen LogP contribution in [-0.4, -0.2) is 44.9 Å². The van der Waals surface area contributed by atoms with Crippen molar-refractivity contribution in [2.45, 2.75) is 13.0 Å². The molecule has 1 atom stereocenters. The molecule has 8 heteroatoms. The highest BCUT2D eigenvalue weighted by atomic mass is 32.1. The van der Waals surface area contributed by atoms with Crippen LogP contribution in [-0.2, 0) is 4.74 Å². The van der Waals surface area contributed by atoms with Gasteiger partial charge in [0.05, 0.1) is 34.1 Å². The summed E-state index contributed by atoms with van der Waals surface area (Å²) in [6.07, 6.45) is 7.97. The molecule has 146 valence electrons. The smallest absolute Gasteiger partial charge is 0.162 e. The summed E-state index contributed by atoms with van der Waals surface area (Å²) in [5.41, 5.74) is 2.87. The molecule has 2 aromatic heterocycles. The summed E-state index contributed by atoms with van der Waals surface area (Å²) in [5.74, 6) is -0.406. The highest BCUT2D eigenvalue weighted by Crippen LogP contribution is 2.41. The fraction of sp³-hybridized carbons (Fsp3) is 0.250. The SMILES string of the molecule is COC1C=CC(NC=Nc2c(C=O)sc3nc(C)cc(N(C)C)c23)=CC(F)=C1. The summed E-state index contributed by atoms with van der Waals surface area (Å²) < 4.78 is 19.0. The average Bonchev–Trinajstić information content (AvgIpc) is 2.89. The third-order valence-electron chi connectivity index (χ3n) is 4.14. The van der Waals surface area contributed by atoms with Gasteiger partial charge in [-0.25, -0.2) is 14.4 Å². The molecule has 0 fully saturated rings. The Morgan fingerprint density at radius 1 is 1.43 bits per heavy atom. The van der Waals surface area contributed by atoms with Gasteiger partial charge in [0.15, 0.2) is 6.29 Å². The topological polar surface area (TPSA) is 66.8 Å². The van der Waals surface area contributed by atoms with E-state index in [1.54, 1.807) is 12.2 Å². The second kappa shape index (κ2) is 8.45. The average molecular weight is 400 g/mol. The summed E-state index contributed by atoms with van der Waals surface area (Å²) in [5, 5.41) is 3.77. The number of aldehydes is 1. The first-order valence-corrected chi connectivity index (χ1v) is 9.40. The predicted molar refractivity (Wildman–Crippen MR) is 113 cm³/mol. The van der Waals surface area contributed by atoms with Crippen molar-refractivity contribution in [2.24, 2.45) is 4.99 Å². The molecule has 2 heterocycles. The first-order chi connectivity index (χ1) is 13.4. The van der Waals surface area contributed by atoms with Gasteiger partial charge in [0.25, 0.3) is 0 Å². The van der Waals surface area contributed by atoms with Crippen LogP contribution in [0.5, 0.6) is 0 Å². The molecule has 0 saturated heterocycles. The van der Waals surface area contributed by atoms with Gasteiger partial charge in [-0.15, -0.1) is 11.3 Å². The normalized spacial score (nSPS) is 16.8. The van der Waals surface area contributed by atoms with Gasteiger partial charge in [0.1, 0.15) is 10.7 Å². The molecule has 0 aliphatic heterocycles. The molecule has 6 nitrogen and oxygen atoms in total. The second-order valence-corrected chi connectivity index (χ2v) is 7.43. The lowest BCUT2D eigenvalue weighted by molar-refractivity contribution is 0.112. The van der Waals surface area contributed by atoms with Crippen molar-refractivity contribution in [2.75, 3.05) is 26.1 Å². The molecule has 0 aromatic carbocycles. The third-order valence-corrected chi connectivity index (χ3v) is 5.14. The van der Waals surface area contributed by atoms with Gasteiger partial charge in [-0.1, -0.05) is 0 Å². The number of nitrogens with one attached hydrogen (secondary N) is 1. The van der Waals surface area contributed by atoms with E-state index in [2.05, 4.69) is 15.3 Å². The van der Waals surface area contributed by atoms with Crippen molar-refractivity contribution in [3.8, 4) is 0 Å². The van der Waals surface area contributed by atoms with Gasteiger partial charge in [-0.2, -0.15) is 0 Å². The molecule has 1 aliphatic carbocycles. The van der Waals surface area contributed by atoms with E-state index >= 15 is 0 Å². The molecule has 28 heavy (non-hydrogen) atoms. The minimum absolute atomic E-state index is 0.406. The molecular weight excluding hydrogens is 379 g/mol. The molecule has 3 rings (SSSR count). The van der Waals surface area contributed by atoms with Crippen LogP contribution in [0.1, 0.15) is 15.4 Å². The van der Waals surface area contributed by atoms with Crippen molar-refractivity contribution in [1.82, 2.24) is 10.3 Å². The third kappa shape index (κ3) is 4.18. The van der Waals surface area contributed by atoms with E-state index in [1.165, 1.54) is 36.9 Å². The molecule has 0 bridgehead atoms. The number of allylic oxidation sites excluding steroid dienone is 3. The van der Waals surface area contributed by atoms with E-state index in [9.17, 15) is 9.18 Å². The quantitative estimate of drug-likeness (QED) is 0.450. The van der Waals surface area contributed by atoms with Gasteiger partial charge < -0.3 is 15.0 Å². The van der Waals surface area contributed by atoms with Crippen molar-refractivity contribution in [3.05, 3.63) is 52.5 Å². The number of hydrogen-bond acceptors (Lipinski definition) is 6. The van der Waals surface area contributed by atoms with Crippen LogP contribution in [0.2, 0.25) is 0 Å². The number of ether oxygens (including phenoxy) is 1. The molecule has 0 radical (unpaired) electrons. The second-order valence-electron chi connectivity index (χ2n) is 6.40. The number of halogens is 1. The number of methoxy groups -OCH3 is 1. The molecule has 2 aromatic rings. The molecule has 1 aliphatic rings. The van der Waals surface area contributed by atoms with Crippen molar-refractivity contribution in [3.63, 3.8) is 0 Å². The van der Waals surface area contributed by atoms with Gasteiger partial charge >= 0.3 is 0 Å². The van der Waals surface area contributed by atoms with Gasteiger partial charge in [0.2, 0.25) is 0 Å². The Hall–Kier alpha value is -2.84. The standard InChI is InChI=1S/C20H21FN4O2S/c1-12-7-16(25(2)3)18-19(17(10-26)28-20(18)24-12)23-11-22-14-5-6-15(27-4)9-13(21)8-14/h5-11,15H,1-4H3,(H,22,23). The maximum atomic E-state index is 13.9. The number of aromatic nitrogens is 1. The Morgan fingerprint density at radius 2 is 2.21 bits per heavy atom. The summed E-state index contributed by atoms with van der Waals surface area (Å²) in [6, 6.07) is 1.96. The summed E-state index contributed by atoms with van der Waals surface area (Å²) >= 11 is 1.30. The fourth-order valence-electron chi connectivity index (χ4n) is 2.82. The van der Waals surface area contributed by atoms with Crippen LogP contribution in [0.3, 0.4) is 0 Å². The Morgan fingerprint density at radius 3 is 2.89 bits per heavy atom. The summed E-state index contributed by atoms with van der Waals surface area (Å²) in [6.45, 7) is 1.91. The molecule has 1 N–H and O–H groups in total. The number of aryl methyl sites for hydroxylation is 1. The largest absolute Gasteiger partial charge is 0.377 e. The number of anilines is 1. The van der Waals surface area contributed by atoms with Crippen LogP contribution in [0.4, 0.5) is 15.8 Å². The Balaban J connectivity index is 1.96. The summed E-state index contributed by atoms with van der Waals surface area (Å²) in [7, 11) is 5.38. The number of fused-ring (bicyclic) bond motifs is 1. The number of nitrogens with zero attached hydrogens (tertiary/aromatic N) is 3. The van der Waals surface area contributed by atoms with E-state index in [-0.39, 0.29) is 0 Å². The van der Waals surface area contributed by atoms with E-state index in [4.69, 9.17) is 4.74 Å². The maximum Gasteiger partial charge on any atom is 0.162 e. The fourth-order valence-corrected chi connectivity index (χ4v) is 3.83. The maximum absolute atomic E-state index is 13.9. The molecule has 0 saturated carbocycles. The zero-order valence-corrected chi connectivity index (χ0v) is 16.9. The van der Waals surface area contributed by atoms with Crippen LogP contribution in [0.25, 0.3) is 10.2 Å². The number of aliphatic imine (C=N–C) groups is 1. The molecule has 0 amide bonds. The monoisotopic (exact) mass is 400 g/mol. The highest BCUT2D eigenvalue weighted by Gasteiger charge is 2.17. The molecular formula is C20H21FN4O2S. The van der Waals surface area contributed by atoms with E-state index in [0.717, 1.165) is 27.9 Å². The Kier molecular flexibility index (Phi) is 6.01. The number of carbonyl (C=O) groups excluding carboxylic acids is 1. The Labute approximate surface area is 166 Å². The predicted octanol–water partition coefficient (Wildman–Crippen LogP) is 4.05. The van der Waals surface area contributed by atoms with E-state index in [0.29, 0.717) is 16.3 Å². The minimum Gasteiger partial charge on any atom is -0.377 e.